The lowest BCUT2D eigenvalue weighted by atomic mass is 10.3. The van der Waals surface area contributed by atoms with Gasteiger partial charge in [-0.2, -0.15) is 0 Å². The number of esters is 1. The van der Waals surface area contributed by atoms with Gasteiger partial charge in [0.1, 0.15) is 5.75 Å². The largest absolute Gasteiger partial charge is 0.479 e. The molecule has 1 aromatic rings. The van der Waals surface area contributed by atoms with Crippen LogP contribution in [-0.2, 0) is 14.3 Å². The number of carbonyl (C=O) groups excluding carboxylic acids is 3. The Hall–Kier alpha value is -2.28. The Morgan fingerprint density at radius 3 is 2.24 bits per heavy atom. The molecule has 7 nitrogen and oxygen atoms in total. The Morgan fingerprint density at radius 2 is 1.71 bits per heavy atom. The molecule has 0 saturated heterocycles. The van der Waals surface area contributed by atoms with Crippen molar-refractivity contribution in [3.8, 4) is 5.75 Å². The maximum atomic E-state index is 11.7. The number of hydrogen-bond acceptors (Lipinski definition) is 5. The minimum Gasteiger partial charge on any atom is -0.479 e. The molecule has 3 amide bonds. The van der Waals surface area contributed by atoms with Gasteiger partial charge in [0.15, 0.2) is 12.2 Å². The minimum absolute atomic E-state index is 0.429. The first-order valence-electron chi connectivity index (χ1n) is 6.02. The average Bonchev–Trinajstić information content (AvgIpc) is 2.40. The van der Waals surface area contributed by atoms with E-state index in [9.17, 15) is 14.4 Å². The molecule has 114 valence electrons. The summed E-state index contributed by atoms with van der Waals surface area (Å²) in [5.41, 5.74) is 4.79. The molecule has 3 N–H and O–H groups in total. The van der Waals surface area contributed by atoms with Gasteiger partial charge in [-0.3, -0.25) is 10.1 Å². The Labute approximate surface area is 126 Å². The third kappa shape index (κ3) is 5.70. The first kappa shape index (κ1) is 16.8. The van der Waals surface area contributed by atoms with Crippen molar-refractivity contribution in [2.24, 2.45) is 5.73 Å². The highest BCUT2D eigenvalue weighted by Gasteiger charge is 2.23. The molecule has 0 spiro atoms. The number of nitrogens with one attached hydrogen (secondary N) is 1. The van der Waals surface area contributed by atoms with Crippen molar-refractivity contribution in [3.05, 3.63) is 29.3 Å². The number of urea groups is 1. The van der Waals surface area contributed by atoms with E-state index in [1.165, 1.54) is 13.8 Å². The predicted molar refractivity (Wildman–Crippen MR) is 74.8 cm³/mol. The van der Waals surface area contributed by atoms with Crippen molar-refractivity contribution in [2.75, 3.05) is 0 Å². The van der Waals surface area contributed by atoms with Gasteiger partial charge in [-0.05, 0) is 38.1 Å². The van der Waals surface area contributed by atoms with E-state index in [1.807, 2.05) is 5.32 Å². The van der Waals surface area contributed by atoms with Crippen LogP contribution in [0.2, 0.25) is 5.02 Å². The van der Waals surface area contributed by atoms with Crippen molar-refractivity contribution in [1.82, 2.24) is 5.32 Å². The molecule has 0 unspecified atom stereocenters. The highest BCUT2D eigenvalue weighted by atomic mass is 35.5. The van der Waals surface area contributed by atoms with Crippen LogP contribution in [0.1, 0.15) is 13.8 Å². The van der Waals surface area contributed by atoms with E-state index in [0.29, 0.717) is 10.8 Å². The third-order valence-electron chi connectivity index (χ3n) is 2.37. The molecule has 21 heavy (non-hydrogen) atoms. The predicted octanol–water partition coefficient (Wildman–Crippen LogP) is 1.23. The van der Waals surface area contributed by atoms with E-state index in [0.717, 1.165) is 0 Å². The first-order valence-corrected chi connectivity index (χ1v) is 6.40. The lowest BCUT2D eigenvalue weighted by molar-refractivity contribution is -0.160. The number of rotatable bonds is 5. The van der Waals surface area contributed by atoms with E-state index < -0.39 is 30.1 Å². The van der Waals surface area contributed by atoms with Crippen LogP contribution in [0.15, 0.2) is 24.3 Å². The Balaban J connectivity index is 2.52. The number of imide groups is 1. The summed E-state index contributed by atoms with van der Waals surface area (Å²) in [5.74, 6) is -1.13. The zero-order valence-electron chi connectivity index (χ0n) is 11.5. The number of ether oxygens (including phenoxy) is 2. The van der Waals surface area contributed by atoms with E-state index in [1.54, 1.807) is 24.3 Å². The minimum atomic E-state index is -1.17. The van der Waals surface area contributed by atoms with Crippen molar-refractivity contribution >= 4 is 29.5 Å². The highest BCUT2D eigenvalue weighted by Crippen LogP contribution is 2.17. The number of halogens is 1. The van der Waals surface area contributed by atoms with E-state index in [2.05, 4.69) is 0 Å². The standard InChI is InChI=1S/C13H15ClN2O5/c1-7(11(17)16-13(15)19)21-12(18)8(2)20-10-5-3-9(14)4-6-10/h3-8H,1-2H3,(H3,15,16,17,19)/t7-,8-/m1/s1. The maximum Gasteiger partial charge on any atom is 0.347 e. The molecule has 1 aromatic carbocycles. The quantitative estimate of drug-likeness (QED) is 0.795. The van der Waals surface area contributed by atoms with Gasteiger partial charge < -0.3 is 15.2 Å². The average molecular weight is 315 g/mol. The van der Waals surface area contributed by atoms with Gasteiger partial charge >= 0.3 is 12.0 Å². The van der Waals surface area contributed by atoms with Crippen LogP contribution >= 0.6 is 11.6 Å². The van der Waals surface area contributed by atoms with E-state index >= 15 is 0 Å². The summed E-state index contributed by atoms with van der Waals surface area (Å²) in [6.07, 6.45) is -2.10. The van der Waals surface area contributed by atoms with E-state index in [4.69, 9.17) is 26.8 Å². The maximum absolute atomic E-state index is 11.7. The summed E-state index contributed by atoms with van der Waals surface area (Å²) in [7, 11) is 0. The van der Waals surface area contributed by atoms with Crippen molar-refractivity contribution < 1.29 is 23.9 Å². The van der Waals surface area contributed by atoms with Crippen LogP contribution in [0.4, 0.5) is 4.79 Å². The summed E-state index contributed by atoms with van der Waals surface area (Å²) >= 11 is 5.73. The molecule has 0 aliphatic rings. The third-order valence-corrected chi connectivity index (χ3v) is 2.62. The number of hydrogen-bond donors (Lipinski definition) is 2. The Bertz CT molecular complexity index is 532. The van der Waals surface area contributed by atoms with Crippen LogP contribution < -0.4 is 15.8 Å². The number of primary amides is 1. The fourth-order valence-corrected chi connectivity index (χ4v) is 1.44. The molecule has 0 aromatic heterocycles. The Kier molecular flexibility index (Phi) is 5.98. The molecule has 0 aliphatic heterocycles. The second-order valence-corrected chi connectivity index (χ2v) is 4.58. The van der Waals surface area contributed by atoms with Crippen molar-refractivity contribution in [1.29, 1.82) is 0 Å². The normalized spacial score (nSPS) is 12.9. The topological polar surface area (TPSA) is 108 Å². The van der Waals surface area contributed by atoms with E-state index in [-0.39, 0.29) is 0 Å². The number of amides is 3. The fourth-order valence-electron chi connectivity index (χ4n) is 1.31. The zero-order valence-corrected chi connectivity index (χ0v) is 12.2. The summed E-state index contributed by atoms with van der Waals surface area (Å²) in [6.45, 7) is 2.78. The molecule has 0 bridgehead atoms. The molecule has 0 heterocycles. The second kappa shape index (κ2) is 7.49. The van der Waals surface area contributed by atoms with Crippen LogP contribution in [0, 0.1) is 0 Å². The van der Waals surface area contributed by atoms with Crippen LogP contribution in [0.5, 0.6) is 5.75 Å². The van der Waals surface area contributed by atoms with Crippen LogP contribution in [0.25, 0.3) is 0 Å². The Morgan fingerprint density at radius 1 is 1.14 bits per heavy atom. The highest BCUT2D eigenvalue weighted by molar-refractivity contribution is 6.30. The lowest BCUT2D eigenvalue weighted by Gasteiger charge is -2.17. The first-order chi connectivity index (χ1) is 9.79. The molecular formula is C13H15ClN2O5. The van der Waals surface area contributed by atoms with Crippen LogP contribution in [0.3, 0.4) is 0 Å². The summed E-state index contributed by atoms with van der Waals surface area (Å²) < 4.78 is 10.2. The number of carbonyl (C=O) groups is 3. The van der Waals surface area contributed by atoms with Gasteiger partial charge in [0.2, 0.25) is 0 Å². The second-order valence-electron chi connectivity index (χ2n) is 4.15. The van der Waals surface area contributed by atoms with Crippen molar-refractivity contribution in [3.63, 3.8) is 0 Å². The SMILES string of the molecule is C[C@@H](OC(=O)[C@@H](C)Oc1ccc(Cl)cc1)C(=O)NC(N)=O. The molecule has 8 heteroatoms. The summed E-state index contributed by atoms with van der Waals surface area (Å²) in [5, 5.41) is 2.35. The number of nitrogens with two attached hydrogens (primary N) is 1. The van der Waals surface area contributed by atoms with Crippen molar-refractivity contribution in [2.45, 2.75) is 26.1 Å². The monoisotopic (exact) mass is 314 g/mol. The smallest absolute Gasteiger partial charge is 0.347 e. The summed E-state index contributed by atoms with van der Waals surface area (Å²) in [4.78, 5) is 33.6. The molecular weight excluding hydrogens is 300 g/mol. The fraction of sp³-hybridized carbons (Fsp3) is 0.308. The van der Waals surface area contributed by atoms with Crippen LogP contribution in [-0.4, -0.2) is 30.1 Å². The molecule has 0 aliphatic carbocycles. The lowest BCUT2D eigenvalue weighted by Crippen LogP contribution is -2.43. The van der Waals surface area contributed by atoms with Gasteiger partial charge in [0.25, 0.3) is 5.91 Å². The summed E-state index contributed by atoms with van der Waals surface area (Å²) in [6, 6.07) is 5.38. The molecule has 2 atom stereocenters. The molecule has 0 fully saturated rings. The van der Waals surface area contributed by atoms with Gasteiger partial charge in [0.05, 0.1) is 0 Å². The zero-order chi connectivity index (χ0) is 16.0. The molecule has 1 rings (SSSR count). The molecule has 0 saturated carbocycles. The van der Waals surface area contributed by atoms with Gasteiger partial charge in [-0.15, -0.1) is 0 Å². The van der Waals surface area contributed by atoms with Gasteiger partial charge in [0, 0.05) is 5.02 Å². The molecule has 0 radical (unpaired) electrons. The van der Waals surface area contributed by atoms with Gasteiger partial charge in [-0.1, -0.05) is 11.6 Å². The van der Waals surface area contributed by atoms with Gasteiger partial charge in [-0.25, -0.2) is 9.59 Å². The number of benzene rings is 1.